The molecule has 0 saturated carbocycles. The molecule has 1 heteroatoms. The summed E-state index contributed by atoms with van der Waals surface area (Å²) >= 11 is 0. The summed E-state index contributed by atoms with van der Waals surface area (Å²) < 4.78 is 0. The van der Waals surface area contributed by atoms with Gasteiger partial charge in [0.15, 0.2) is 0 Å². The van der Waals surface area contributed by atoms with Crippen LogP contribution in [0.4, 0.5) is 0 Å². The van der Waals surface area contributed by atoms with Gasteiger partial charge in [-0.15, -0.1) is 0 Å². The van der Waals surface area contributed by atoms with Crippen LogP contribution in [0.15, 0.2) is 34.9 Å². The van der Waals surface area contributed by atoms with Gasteiger partial charge in [0.05, 0.1) is 6.07 Å². The number of nitrogens with zero attached hydrogens (tertiary/aromatic N) is 1. The van der Waals surface area contributed by atoms with Crippen LogP contribution in [0.3, 0.4) is 0 Å². The van der Waals surface area contributed by atoms with E-state index in [4.69, 9.17) is 5.26 Å². The first-order chi connectivity index (χ1) is 8.51. The Balaban J connectivity index is 4.30. The van der Waals surface area contributed by atoms with Crippen molar-refractivity contribution >= 4 is 0 Å². The summed E-state index contributed by atoms with van der Waals surface area (Å²) in [6.07, 6.45) is 11.0. The molecule has 0 aliphatic rings. The van der Waals surface area contributed by atoms with E-state index in [1.54, 1.807) is 0 Å². The lowest BCUT2D eigenvalue weighted by Crippen LogP contribution is -1.89. The maximum atomic E-state index is 8.96. The van der Waals surface area contributed by atoms with Crippen molar-refractivity contribution in [2.24, 2.45) is 5.92 Å². The summed E-state index contributed by atoms with van der Waals surface area (Å²) in [5.74, 6) is 0.311. The van der Waals surface area contributed by atoms with Crippen LogP contribution in [0.5, 0.6) is 0 Å². The zero-order valence-corrected chi connectivity index (χ0v) is 12.6. The van der Waals surface area contributed by atoms with Crippen molar-refractivity contribution in [3.8, 4) is 6.07 Å². The van der Waals surface area contributed by atoms with Gasteiger partial charge in [0.25, 0.3) is 0 Å². The third kappa shape index (κ3) is 7.90. The standard InChI is InChI=1S/C17H27N/c1-6-8-15(4)9-7-10-16(5)11-12-17(13-18)14(2)3/h9,11-12,14H,6-8,10H2,1-5H3/b15-9+,16-11+,17-12-. The Hall–Kier alpha value is -1.29. The lowest BCUT2D eigenvalue weighted by atomic mass is 10.0. The zero-order valence-electron chi connectivity index (χ0n) is 12.6. The predicted octanol–water partition coefficient (Wildman–Crippen LogP) is 5.57. The average molecular weight is 245 g/mol. The molecule has 0 fully saturated rings. The number of allylic oxidation sites excluding steroid dienone is 6. The van der Waals surface area contributed by atoms with Gasteiger partial charge in [-0.3, -0.25) is 0 Å². The summed E-state index contributed by atoms with van der Waals surface area (Å²) in [6.45, 7) is 10.6. The molecule has 0 heterocycles. The fourth-order valence-electron chi connectivity index (χ4n) is 1.72. The van der Waals surface area contributed by atoms with Crippen molar-refractivity contribution in [3.63, 3.8) is 0 Å². The molecule has 0 atom stereocenters. The largest absolute Gasteiger partial charge is 0.193 e. The Bertz CT molecular complexity index is 362. The molecule has 0 aromatic carbocycles. The molecular formula is C17H27N. The summed E-state index contributed by atoms with van der Waals surface area (Å²) in [5.41, 5.74) is 3.68. The number of hydrogen-bond donors (Lipinski definition) is 0. The zero-order chi connectivity index (χ0) is 14.0. The van der Waals surface area contributed by atoms with Gasteiger partial charge in [-0.05, 0) is 45.1 Å². The van der Waals surface area contributed by atoms with Crippen LogP contribution < -0.4 is 0 Å². The van der Waals surface area contributed by atoms with E-state index >= 15 is 0 Å². The molecule has 0 N–H and O–H groups in total. The quantitative estimate of drug-likeness (QED) is 0.327. The molecule has 0 aliphatic carbocycles. The maximum Gasteiger partial charge on any atom is 0.0949 e. The van der Waals surface area contributed by atoms with Crippen molar-refractivity contribution in [1.82, 2.24) is 0 Å². The first-order valence-electron chi connectivity index (χ1n) is 6.94. The fraction of sp³-hybridized carbons (Fsp3) is 0.588. The van der Waals surface area contributed by atoms with Gasteiger partial charge in [-0.1, -0.05) is 50.5 Å². The summed E-state index contributed by atoms with van der Waals surface area (Å²) in [4.78, 5) is 0. The highest BCUT2D eigenvalue weighted by Crippen LogP contribution is 2.12. The van der Waals surface area contributed by atoms with E-state index in [1.807, 2.05) is 6.08 Å². The fourth-order valence-corrected chi connectivity index (χ4v) is 1.72. The molecule has 0 radical (unpaired) electrons. The summed E-state index contributed by atoms with van der Waals surface area (Å²) in [6, 6.07) is 2.25. The molecule has 0 saturated heterocycles. The number of nitriles is 1. The molecule has 0 unspecified atom stereocenters. The van der Waals surface area contributed by atoms with Gasteiger partial charge < -0.3 is 0 Å². The maximum absolute atomic E-state index is 8.96. The van der Waals surface area contributed by atoms with Crippen molar-refractivity contribution in [1.29, 1.82) is 5.26 Å². The van der Waals surface area contributed by atoms with Crippen molar-refractivity contribution < 1.29 is 0 Å². The Labute approximate surface area is 113 Å². The van der Waals surface area contributed by atoms with E-state index in [0.717, 1.165) is 18.4 Å². The molecular weight excluding hydrogens is 218 g/mol. The minimum absolute atomic E-state index is 0.311. The lowest BCUT2D eigenvalue weighted by molar-refractivity contribution is 0.795. The van der Waals surface area contributed by atoms with Crippen LogP contribution in [0.2, 0.25) is 0 Å². The van der Waals surface area contributed by atoms with Crippen molar-refractivity contribution in [2.45, 2.75) is 60.3 Å². The van der Waals surface area contributed by atoms with E-state index in [0.29, 0.717) is 5.92 Å². The Kier molecular flexibility index (Phi) is 9.01. The monoisotopic (exact) mass is 245 g/mol. The van der Waals surface area contributed by atoms with Crippen LogP contribution >= 0.6 is 0 Å². The molecule has 0 amide bonds. The minimum Gasteiger partial charge on any atom is -0.193 e. The SMILES string of the molecule is CCC/C(C)=C/CC/C(C)=C/C=C(/C#N)C(C)C. The first kappa shape index (κ1) is 16.7. The average Bonchev–Trinajstić information content (AvgIpc) is 2.29. The van der Waals surface area contributed by atoms with Crippen LogP contribution in [0.25, 0.3) is 0 Å². The van der Waals surface area contributed by atoms with E-state index in [1.165, 1.54) is 24.0 Å². The molecule has 0 aliphatic heterocycles. The first-order valence-corrected chi connectivity index (χ1v) is 6.94. The van der Waals surface area contributed by atoms with E-state index < -0.39 is 0 Å². The van der Waals surface area contributed by atoms with E-state index in [-0.39, 0.29) is 0 Å². The molecule has 0 aromatic rings. The van der Waals surface area contributed by atoms with Crippen molar-refractivity contribution in [2.75, 3.05) is 0 Å². The summed E-state index contributed by atoms with van der Waals surface area (Å²) in [5, 5.41) is 8.96. The summed E-state index contributed by atoms with van der Waals surface area (Å²) in [7, 11) is 0. The Morgan fingerprint density at radius 1 is 1.11 bits per heavy atom. The second-order valence-electron chi connectivity index (χ2n) is 5.24. The Morgan fingerprint density at radius 2 is 1.78 bits per heavy atom. The van der Waals surface area contributed by atoms with Gasteiger partial charge in [0, 0.05) is 5.57 Å². The highest BCUT2D eigenvalue weighted by atomic mass is 14.2. The van der Waals surface area contributed by atoms with Crippen LogP contribution in [-0.2, 0) is 0 Å². The number of hydrogen-bond acceptors (Lipinski definition) is 1. The Morgan fingerprint density at radius 3 is 2.28 bits per heavy atom. The van der Waals surface area contributed by atoms with Gasteiger partial charge >= 0.3 is 0 Å². The van der Waals surface area contributed by atoms with Gasteiger partial charge in [0.2, 0.25) is 0 Å². The van der Waals surface area contributed by atoms with Crippen LogP contribution in [-0.4, -0.2) is 0 Å². The molecule has 100 valence electrons. The molecule has 0 rings (SSSR count). The smallest absolute Gasteiger partial charge is 0.0949 e. The molecule has 0 bridgehead atoms. The molecule has 18 heavy (non-hydrogen) atoms. The molecule has 0 aromatic heterocycles. The van der Waals surface area contributed by atoms with Gasteiger partial charge in [-0.25, -0.2) is 0 Å². The van der Waals surface area contributed by atoms with Crippen LogP contribution in [0.1, 0.15) is 60.3 Å². The normalized spacial score (nSPS) is 13.9. The third-order valence-corrected chi connectivity index (χ3v) is 2.97. The van der Waals surface area contributed by atoms with Gasteiger partial charge in [0.1, 0.15) is 0 Å². The predicted molar refractivity (Wildman–Crippen MR) is 80.2 cm³/mol. The second kappa shape index (κ2) is 9.71. The lowest BCUT2D eigenvalue weighted by Gasteiger charge is -2.01. The topological polar surface area (TPSA) is 23.8 Å². The highest BCUT2D eigenvalue weighted by Gasteiger charge is 1.99. The van der Waals surface area contributed by atoms with E-state index in [9.17, 15) is 0 Å². The van der Waals surface area contributed by atoms with Gasteiger partial charge in [-0.2, -0.15) is 5.26 Å². The second-order valence-corrected chi connectivity index (χ2v) is 5.24. The number of rotatable bonds is 7. The van der Waals surface area contributed by atoms with E-state index in [2.05, 4.69) is 52.8 Å². The molecule has 0 spiro atoms. The highest BCUT2D eigenvalue weighted by molar-refractivity contribution is 5.28. The van der Waals surface area contributed by atoms with Crippen molar-refractivity contribution in [3.05, 3.63) is 34.9 Å². The molecule has 1 nitrogen and oxygen atoms in total. The minimum atomic E-state index is 0.311. The van der Waals surface area contributed by atoms with Crippen LogP contribution in [0, 0.1) is 17.2 Å². The third-order valence-electron chi connectivity index (χ3n) is 2.97.